The van der Waals surface area contributed by atoms with E-state index in [9.17, 15) is 4.39 Å². The van der Waals surface area contributed by atoms with Crippen LogP contribution in [0.25, 0.3) is 11.2 Å². The van der Waals surface area contributed by atoms with Crippen LogP contribution in [0, 0.1) is 0 Å². The summed E-state index contributed by atoms with van der Waals surface area (Å²) in [6.07, 6.45) is -0.000560. The Morgan fingerprint density at radius 3 is 3.05 bits per heavy atom. The molecule has 0 spiro atoms. The van der Waals surface area contributed by atoms with Gasteiger partial charge in [-0.2, -0.15) is 9.97 Å². The predicted octanol–water partition coefficient (Wildman–Crippen LogP) is 0.848. The lowest BCUT2D eigenvalue weighted by atomic mass is 10.2. The quantitative estimate of drug-likeness (QED) is 0.750. The number of nitrogens with zero attached hydrogens (tertiary/aromatic N) is 4. The zero-order chi connectivity index (χ0) is 15.7. The zero-order valence-corrected chi connectivity index (χ0v) is 12.2. The number of rotatable bonds is 5. The molecule has 8 nitrogen and oxygen atoms in total. The van der Waals surface area contributed by atoms with Crippen molar-refractivity contribution < 1.29 is 14.2 Å². The van der Waals surface area contributed by atoms with Gasteiger partial charge in [0.2, 0.25) is 5.95 Å². The van der Waals surface area contributed by atoms with Crippen molar-refractivity contribution in [2.75, 3.05) is 24.2 Å². The molecule has 9 heteroatoms. The summed E-state index contributed by atoms with van der Waals surface area (Å²) in [5.41, 5.74) is 6.80. The van der Waals surface area contributed by atoms with E-state index in [1.165, 1.54) is 6.33 Å². The minimum atomic E-state index is -1.22. The summed E-state index contributed by atoms with van der Waals surface area (Å²) in [7, 11) is 0. The molecule has 2 aromatic rings. The number of nitrogens with one attached hydrogen (secondary N) is 1. The molecular weight excluding hydrogens is 291 g/mol. The van der Waals surface area contributed by atoms with Gasteiger partial charge in [-0.25, -0.2) is 9.37 Å². The fraction of sp³-hybridized carbons (Fsp3) is 0.615. The van der Waals surface area contributed by atoms with E-state index in [0.717, 1.165) is 13.0 Å². The molecule has 1 aliphatic rings. The maximum atomic E-state index is 13.8. The summed E-state index contributed by atoms with van der Waals surface area (Å²) in [5, 5.41) is 12.3. The van der Waals surface area contributed by atoms with Gasteiger partial charge < -0.3 is 20.9 Å². The van der Waals surface area contributed by atoms with Crippen molar-refractivity contribution in [2.45, 2.75) is 38.3 Å². The largest absolute Gasteiger partial charge is 0.394 e. The van der Waals surface area contributed by atoms with Crippen molar-refractivity contribution in [1.29, 1.82) is 0 Å². The van der Waals surface area contributed by atoms with Crippen LogP contribution in [0.2, 0.25) is 0 Å². The molecule has 4 N–H and O–H groups in total. The van der Waals surface area contributed by atoms with Crippen molar-refractivity contribution in [2.24, 2.45) is 0 Å². The number of aromatic nitrogens is 4. The third-order valence-electron chi connectivity index (χ3n) is 3.63. The van der Waals surface area contributed by atoms with E-state index < -0.39 is 18.5 Å². The molecular formula is C13H19FN6O2. The normalized spacial score (nSPS) is 25.0. The first-order valence-electron chi connectivity index (χ1n) is 7.28. The van der Waals surface area contributed by atoms with Crippen molar-refractivity contribution in [3.63, 3.8) is 0 Å². The molecule has 0 bridgehead atoms. The van der Waals surface area contributed by atoms with Crippen molar-refractivity contribution in [3.8, 4) is 0 Å². The Balaban J connectivity index is 1.96. The van der Waals surface area contributed by atoms with E-state index in [4.69, 9.17) is 15.6 Å². The molecule has 0 radical (unpaired) electrons. The molecule has 0 amide bonds. The number of aliphatic hydroxyl groups excluding tert-OH is 1. The minimum Gasteiger partial charge on any atom is -0.394 e. The standard InChI is InChI=1S/C13H19FN6O2/c1-2-3-16-11-10-12(19-13(15)18-11)20(6-17-10)9-4-7(14)8(5-21)22-9/h6-9,21H,2-5H2,1H3,(H3,15,16,18,19)/t7-,8+,9+/m0/s1. The highest BCUT2D eigenvalue weighted by Gasteiger charge is 2.36. The highest BCUT2D eigenvalue weighted by molar-refractivity contribution is 5.84. The van der Waals surface area contributed by atoms with Crippen LogP contribution in [-0.2, 0) is 4.74 Å². The number of fused-ring (bicyclic) bond motifs is 1. The maximum Gasteiger partial charge on any atom is 0.224 e. The van der Waals surface area contributed by atoms with E-state index >= 15 is 0 Å². The van der Waals surface area contributed by atoms with Crippen LogP contribution in [0.3, 0.4) is 0 Å². The topological polar surface area (TPSA) is 111 Å². The van der Waals surface area contributed by atoms with Gasteiger partial charge in [0, 0.05) is 13.0 Å². The van der Waals surface area contributed by atoms with E-state index in [1.54, 1.807) is 4.57 Å². The number of anilines is 2. The number of nitrogen functional groups attached to an aromatic ring is 1. The summed E-state index contributed by atoms with van der Waals surface area (Å²) in [4.78, 5) is 12.6. The Hall–Kier alpha value is -2.00. The van der Waals surface area contributed by atoms with Crippen molar-refractivity contribution >= 4 is 22.9 Å². The van der Waals surface area contributed by atoms with Crippen LogP contribution in [0.5, 0.6) is 0 Å². The third-order valence-corrected chi connectivity index (χ3v) is 3.63. The zero-order valence-electron chi connectivity index (χ0n) is 12.2. The number of alkyl halides is 1. The van der Waals surface area contributed by atoms with Crippen LogP contribution in [-0.4, -0.2) is 50.1 Å². The smallest absolute Gasteiger partial charge is 0.224 e. The number of ether oxygens (including phenoxy) is 1. The molecule has 0 unspecified atom stereocenters. The lowest BCUT2D eigenvalue weighted by molar-refractivity contribution is -0.0323. The predicted molar refractivity (Wildman–Crippen MR) is 79.0 cm³/mol. The van der Waals surface area contributed by atoms with Crippen molar-refractivity contribution in [1.82, 2.24) is 19.5 Å². The van der Waals surface area contributed by atoms with Crippen LogP contribution in [0.4, 0.5) is 16.2 Å². The highest BCUT2D eigenvalue weighted by Crippen LogP contribution is 2.33. The first-order valence-corrected chi connectivity index (χ1v) is 7.28. The molecule has 1 saturated heterocycles. The number of imidazole rings is 1. The Morgan fingerprint density at radius 2 is 2.36 bits per heavy atom. The van der Waals surface area contributed by atoms with Gasteiger partial charge in [-0.3, -0.25) is 4.57 Å². The second kappa shape index (κ2) is 6.01. The molecule has 2 aromatic heterocycles. The van der Waals surface area contributed by atoms with Gasteiger partial charge >= 0.3 is 0 Å². The lowest BCUT2D eigenvalue weighted by Crippen LogP contribution is -2.21. The number of aliphatic hydroxyl groups is 1. The van der Waals surface area contributed by atoms with Gasteiger partial charge in [0.15, 0.2) is 17.0 Å². The lowest BCUT2D eigenvalue weighted by Gasteiger charge is -2.14. The van der Waals surface area contributed by atoms with E-state index in [2.05, 4.69) is 20.3 Å². The van der Waals surface area contributed by atoms with E-state index in [1.807, 2.05) is 6.92 Å². The summed E-state index contributed by atoms with van der Waals surface area (Å²) in [5.74, 6) is 0.665. The van der Waals surface area contributed by atoms with Gasteiger partial charge in [0.05, 0.1) is 12.9 Å². The van der Waals surface area contributed by atoms with Crippen LogP contribution >= 0.6 is 0 Å². The third kappa shape index (κ3) is 2.57. The summed E-state index contributed by atoms with van der Waals surface area (Å²) in [6, 6.07) is 0. The molecule has 120 valence electrons. The Kier molecular flexibility index (Phi) is 4.08. The van der Waals surface area contributed by atoms with Crippen LogP contribution in [0.1, 0.15) is 26.0 Å². The summed E-state index contributed by atoms with van der Waals surface area (Å²) >= 11 is 0. The van der Waals surface area contributed by atoms with Gasteiger partial charge in [0.1, 0.15) is 18.5 Å². The average molecular weight is 310 g/mol. The van der Waals surface area contributed by atoms with Gasteiger partial charge in [-0.15, -0.1) is 0 Å². The molecule has 0 aromatic carbocycles. The number of hydrogen-bond donors (Lipinski definition) is 3. The number of hydrogen-bond acceptors (Lipinski definition) is 7. The number of halogens is 1. The number of nitrogens with two attached hydrogens (primary N) is 1. The molecule has 1 aliphatic heterocycles. The molecule has 0 saturated carbocycles. The highest BCUT2D eigenvalue weighted by atomic mass is 19.1. The van der Waals surface area contributed by atoms with Crippen LogP contribution < -0.4 is 11.1 Å². The SMILES string of the molecule is CCCNc1nc(N)nc2c1ncn2[C@H]1C[C@H](F)[C@@H](CO)O1. The summed E-state index contributed by atoms with van der Waals surface area (Å²) in [6.45, 7) is 2.42. The average Bonchev–Trinajstić information content (AvgIpc) is 3.07. The van der Waals surface area contributed by atoms with E-state index in [-0.39, 0.29) is 19.0 Å². The van der Waals surface area contributed by atoms with Gasteiger partial charge in [-0.05, 0) is 6.42 Å². The first kappa shape index (κ1) is 14.9. The molecule has 3 heterocycles. The monoisotopic (exact) mass is 310 g/mol. The minimum absolute atomic E-state index is 0.112. The van der Waals surface area contributed by atoms with E-state index in [0.29, 0.717) is 17.0 Å². The Bertz CT molecular complexity index is 663. The van der Waals surface area contributed by atoms with Gasteiger partial charge in [-0.1, -0.05) is 6.92 Å². The second-order valence-corrected chi connectivity index (χ2v) is 5.24. The molecule has 1 fully saturated rings. The molecule has 22 heavy (non-hydrogen) atoms. The van der Waals surface area contributed by atoms with Crippen LogP contribution in [0.15, 0.2) is 6.33 Å². The summed E-state index contributed by atoms with van der Waals surface area (Å²) < 4.78 is 20.9. The fourth-order valence-corrected chi connectivity index (χ4v) is 2.53. The molecule has 0 aliphatic carbocycles. The van der Waals surface area contributed by atoms with Crippen molar-refractivity contribution in [3.05, 3.63) is 6.33 Å². The Labute approximate surface area is 126 Å². The first-order chi connectivity index (χ1) is 10.6. The second-order valence-electron chi connectivity index (χ2n) is 5.24. The van der Waals surface area contributed by atoms with Gasteiger partial charge in [0.25, 0.3) is 0 Å². The maximum absolute atomic E-state index is 13.8. The Morgan fingerprint density at radius 1 is 1.55 bits per heavy atom. The molecule has 3 atom stereocenters. The molecule has 3 rings (SSSR count). The fourth-order valence-electron chi connectivity index (χ4n) is 2.53.